The Morgan fingerprint density at radius 1 is 1.35 bits per heavy atom. The second-order valence-corrected chi connectivity index (χ2v) is 5.11. The molecule has 7 heteroatoms. The monoisotopic (exact) mass is 258 g/mol. The molecule has 3 N–H and O–H groups in total. The Morgan fingerprint density at radius 3 is 2.47 bits per heavy atom. The first-order valence-corrected chi connectivity index (χ1v) is 6.38. The lowest BCUT2D eigenvalue weighted by Gasteiger charge is -2.13. The number of amides is 1. The number of likely N-dealkylation sites (N-methyl/N-ethyl adjacent to an activating group) is 1. The van der Waals surface area contributed by atoms with Gasteiger partial charge in [-0.25, -0.2) is 8.42 Å². The first-order chi connectivity index (χ1) is 7.88. The van der Waals surface area contributed by atoms with Crippen LogP contribution in [-0.2, 0) is 14.8 Å². The van der Waals surface area contributed by atoms with E-state index >= 15 is 0 Å². The van der Waals surface area contributed by atoms with Gasteiger partial charge in [-0.3, -0.25) is 4.79 Å². The summed E-state index contributed by atoms with van der Waals surface area (Å²) in [4.78, 5) is 11.0. The van der Waals surface area contributed by atoms with Gasteiger partial charge in [-0.1, -0.05) is 12.1 Å². The van der Waals surface area contributed by atoms with E-state index in [2.05, 4.69) is 10.0 Å². The molecule has 0 aromatic heterocycles. The molecule has 0 aliphatic rings. The van der Waals surface area contributed by atoms with E-state index in [9.17, 15) is 18.3 Å². The standard InChI is InChI=1S/C10H14N2O4S/c1-7(10(14)11-2)12-17(15,16)9-6-4-3-5-8(9)13/h3-7,12-13H,1-2H3,(H,11,14). The molecule has 1 aromatic carbocycles. The molecule has 0 saturated heterocycles. The van der Waals surface area contributed by atoms with Crippen LogP contribution in [0, 0.1) is 0 Å². The number of carbonyl (C=O) groups excluding carboxylic acids is 1. The summed E-state index contributed by atoms with van der Waals surface area (Å²) in [5, 5.41) is 11.8. The molecule has 1 aromatic rings. The van der Waals surface area contributed by atoms with Crippen LogP contribution in [0.25, 0.3) is 0 Å². The lowest BCUT2D eigenvalue weighted by Crippen LogP contribution is -2.43. The summed E-state index contributed by atoms with van der Waals surface area (Å²) in [6.45, 7) is 1.41. The predicted molar refractivity (Wildman–Crippen MR) is 62.0 cm³/mol. The van der Waals surface area contributed by atoms with Gasteiger partial charge in [-0.15, -0.1) is 0 Å². The summed E-state index contributed by atoms with van der Waals surface area (Å²) in [5.74, 6) is -0.812. The highest BCUT2D eigenvalue weighted by Crippen LogP contribution is 2.21. The Bertz CT molecular complexity index is 513. The topological polar surface area (TPSA) is 95.5 Å². The summed E-state index contributed by atoms with van der Waals surface area (Å²) in [6.07, 6.45) is 0. The van der Waals surface area contributed by atoms with Gasteiger partial charge >= 0.3 is 0 Å². The van der Waals surface area contributed by atoms with E-state index in [4.69, 9.17) is 0 Å². The molecule has 1 rings (SSSR count). The molecule has 0 bridgehead atoms. The summed E-state index contributed by atoms with van der Waals surface area (Å²) in [5.41, 5.74) is 0. The van der Waals surface area contributed by atoms with Crippen molar-refractivity contribution >= 4 is 15.9 Å². The Labute approximate surface area is 99.7 Å². The van der Waals surface area contributed by atoms with E-state index in [1.165, 1.54) is 38.2 Å². The Kier molecular flexibility index (Phi) is 4.08. The SMILES string of the molecule is CNC(=O)C(C)NS(=O)(=O)c1ccccc1O. The lowest BCUT2D eigenvalue weighted by atomic mass is 10.3. The number of phenolic OH excluding ortho intramolecular Hbond substituents is 1. The van der Waals surface area contributed by atoms with Gasteiger partial charge in [0.25, 0.3) is 0 Å². The first-order valence-electron chi connectivity index (χ1n) is 4.90. The van der Waals surface area contributed by atoms with Crippen LogP contribution in [0.2, 0.25) is 0 Å². The number of benzene rings is 1. The zero-order chi connectivity index (χ0) is 13.1. The second kappa shape index (κ2) is 5.15. The third-order valence-corrected chi connectivity index (χ3v) is 3.71. The molecule has 0 heterocycles. The zero-order valence-electron chi connectivity index (χ0n) is 9.47. The van der Waals surface area contributed by atoms with E-state index in [-0.39, 0.29) is 10.6 Å². The zero-order valence-corrected chi connectivity index (χ0v) is 10.3. The van der Waals surface area contributed by atoms with Gasteiger partial charge in [0, 0.05) is 7.05 Å². The summed E-state index contributed by atoms with van der Waals surface area (Å²) < 4.78 is 25.8. The molecule has 0 aliphatic carbocycles. The van der Waals surface area contributed by atoms with Gasteiger partial charge < -0.3 is 10.4 Å². The molecule has 0 fully saturated rings. The van der Waals surface area contributed by atoms with Crippen molar-refractivity contribution in [2.24, 2.45) is 0 Å². The number of aromatic hydroxyl groups is 1. The van der Waals surface area contributed by atoms with Crippen LogP contribution in [0.4, 0.5) is 0 Å². The smallest absolute Gasteiger partial charge is 0.244 e. The molecule has 0 saturated carbocycles. The van der Waals surface area contributed by atoms with E-state index in [1.54, 1.807) is 0 Å². The number of sulfonamides is 1. The summed E-state index contributed by atoms with van der Waals surface area (Å²) in [7, 11) is -2.50. The molecule has 94 valence electrons. The van der Waals surface area contributed by atoms with E-state index < -0.39 is 22.0 Å². The number of para-hydroxylation sites is 1. The average Bonchev–Trinajstić information content (AvgIpc) is 2.27. The fourth-order valence-corrected chi connectivity index (χ4v) is 2.55. The van der Waals surface area contributed by atoms with Crippen molar-refractivity contribution in [2.45, 2.75) is 17.9 Å². The maximum absolute atomic E-state index is 11.8. The molecule has 0 radical (unpaired) electrons. The van der Waals surface area contributed by atoms with Crippen LogP contribution >= 0.6 is 0 Å². The summed E-state index contributed by atoms with van der Waals surface area (Å²) >= 11 is 0. The molecule has 0 aliphatic heterocycles. The Hall–Kier alpha value is -1.60. The number of carbonyl (C=O) groups is 1. The minimum absolute atomic E-state index is 0.254. The number of hydrogen-bond donors (Lipinski definition) is 3. The molecule has 1 atom stereocenters. The van der Waals surface area contributed by atoms with Gasteiger partial charge in [0.15, 0.2) is 0 Å². The van der Waals surface area contributed by atoms with Gasteiger partial charge in [0.2, 0.25) is 15.9 Å². The Balaban J connectivity index is 2.98. The first kappa shape index (κ1) is 13.5. The van der Waals surface area contributed by atoms with Crippen LogP contribution in [0.3, 0.4) is 0 Å². The van der Waals surface area contributed by atoms with Crippen molar-refractivity contribution in [1.82, 2.24) is 10.0 Å². The number of phenols is 1. The van der Waals surface area contributed by atoms with E-state index in [0.717, 1.165) is 0 Å². The maximum atomic E-state index is 11.8. The van der Waals surface area contributed by atoms with Gasteiger partial charge in [0.05, 0.1) is 6.04 Å². The van der Waals surface area contributed by atoms with Crippen LogP contribution < -0.4 is 10.0 Å². The minimum atomic E-state index is -3.91. The van der Waals surface area contributed by atoms with Crippen molar-refractivity contribution in [3.8, 4) is 5.75 Å². The van der Waals surface area contributed by atoms with Gasteiger partial charge in [0.1, 0.15) is 10.6 Å². The van der Waals surface area contributed by atoms with Crippen molar-refractivity contribution in [3.05, 3.63) is 24.3 Å². The maximum Gasteiger partial charge on any atom is 0.244 e. The van der Waals surface area contributed by atoms with Gasteiger partial charge in [-0.05, 0) is 19.1 Å². The average molecular weight is 258 g/mol. The highest BCUT2D eigenvalue weighted by Gasteiger charge is 2.23. The van der Waals surface area contributed by atoms with Crippen LogP contribution in [-0.4, -0.2) is 32.5 Å². The van der Waals surface area contributed by atoms with Crippen LogP contribution in [0.15, 0.2) is 29.2 Å². The molecule has 0 spiro atoms. The molecule has 17 heavy (non-hydrogen) atoms. The fraction of sp³-hybridized carbons (Fsp3) is 0.300. The predicted octanol–water partition coefficient (Wildman–Crippen LogP) is -0.195. The normalized spacial score (nSPS) is 13.1. The van der Waals surface area contributed by atoms with Crippen molar-refractivity contribution in [1.29, 1.82) is 0 Å². The highest BCUT2D eigenvalue weighted by molar-refractivity contribution is 7.89. The third-order valence-electron chi connectivity index (χ3n) is 2.13. The van der Waals surface area contributed by atoms with Crippen LogP contribution in [0.1, 0.15) is 6.92 Å². The quantitative estimate of drug-likeness (QED) is 0.697. The number of hydrogen-bond acceptors (Lipinski definition) is 4. The van der Waals surface area contributed by atoms with E-state index in [1.807, 2.05) is 0 Å². The molecule has 1 amide bonds. The fourth-order valence-electron chi connectivity index (χ4n) is 1.25. The van der Waals surface area contributed by atoms with Crippen molar-refractivity contribution < 1.29 is 18.3 Å². The number of rotatable bonds is 4. The highest BCUT2D eigenvalue weighted by atomic mass is 32.2. The minimum Gasteiger partial charge on any atom is -0.507 e. The molecular formula is C10H14N2O4S. The summed E-state index contributed by atoms with van der Waals surface area (Å²) in [6, 6.07) is 4.60. The third kappa shape index (κ3) is 3.18. The second-order valence-electron chi connectivity index (χ2n) is 3.42. The molecule has 6 nitrogen and oxygen atoms in total. The largest absolute Gasteiger partial charge is 0.507 e. The molecular weight excluding hydrogens is 244 g/mol. The van der Waals surface area contributed by atoms with Crippen molar-refractivity contribution in [2.75, 3.05) is 7.05 Å². The van der Waals surface area contributed by atoms with Gasteiger partial charge in [-0.2, -0.15) is 4.72 Å². The van der Waals surface area contributed by atoms with E-state index in [0.29, 0.717) is 0 Å². The number of nitrogens with one attached hydrogen (secondary N) is 2. The molecule has 1 unspecified atom stereocenters. The Morgan fingerprint density at radius 2 is 1.94 bits per heavy atom. The van der Waals surface area contributed by atoms with Crippen LogP contribution in [0.5, 0.6) is 5.75 Å². The van der Waals surface area contributed by atoms with Crippen molar-refractivity contribution in [3.63, 3.8) is 0 Å². The lowest BCUT2D eigenvalue weighted by molar-refractivity contribution is -0.121.